The number of hydrogen-bond donors (Lipinski definition) is 2. The number of carbonyl (C=O) groups is 1. The smallest absolute Gasteiger partial charge is 0.268 e. The van der Waals surface area contributed by atoms with E-state index in [0.717, 1.165) is 26.4 Å². The number of aryl methyl sites for hydroxylation is 2. The quantitative estimate of drug-likeness (QED) is 0.388. The second-order valence-electron chi connectivity index (χ2n) is 7.72. The van der Waals surface area contributed by atoms with E-state index in [-0.39, 0.29) is 22.0 Å². The van der Waals surface area contributed by atoms with Gasteiger partial charge in [-0.25, -0.2) is 22.1 Å². The van der Waals surface area contributed by atoms with E-state index in [2.05, 4.69) is 15.1 Å². The Bertz CT molecular complexity index is 1620. The average Bonchev–Trinajstić information content (AvgIpc) is 3.50. The van der Waals surface area contributed by atoms with Crippen LogP contribution in [-0.4, -0.2) is 37.9 Å². The Balaban J connectivity index is 1.53. The molecule has 33 heavy (non-hydrogen) atoms. The molecule has 2 aromatic carbocycles. The van der Waals surface area contributed by atoms with Gasteiger partial charge in [-0.05, 0) is 56.3 Å². The number of carbonyl (C=O) groups excluding carboxylic acids is 1. The second-order valence-corrected chi connectivity index (χ2v) is 9.53. The van der Waals surface area contributed by atoms with Gasteiger partial charge >= 0.3 is 0 Å². The highest BCUT2D eigenvalue weighted by Gasteiger charge is 2.26. The predicted octanol–water partition coefficient (Wildman–Crippen LogP) is 3.22. The van der Waals surface area contributed by atoms with Crippen molar-refractivity contribution >= 4 is 32.7 Å². The Morgan fingerprint density at radius 2 is 1.82 bits per heavy atom. The summed E-state index contributed by atoms with van der Waals surface area (Å²) >= 11 is 0. The van der Waals surface area contributed by atoms with E-state index in [1.54, 1.807) is 18.2 Å². The number of nitrogens with zero attached hydrogens (tertiary/aromatic N) is 4. The molecule has 0 saturated heterocycles. The predicted molar refractivity (Wildman–Crippen MR) is 124 cm³/mol. The summed E-state index contributed by atoms with van der Waals surface area (Å²) in [6.45, 7) is 3.73. The fourth-order valence-electron chi connectivity index (χ4n) is 3.71. The summed E-state index contributed by atoms with van der Waals surface area (Å²) < 4.78 is 28.7. The number of anilines is 1. The maximum Gasteiger partial charge on any atom is 0.268 e. The van der Waals surface area contributed by atoms with Crippen molar-refractivity contribution in [1.29, 1.82) is 0 Å². The molecule has 0 unspecified atom stereocenters. The Morgan fingerprint density at radius 1 is 1.06 bits per heavy atom. The third-order valence-electron chi connectivity index (χ3n) is 5.40. The summed E-state index contributed by atoms with van der Waals surface area (Å²) in [5.41, 5.74) is 9.53. The molecule has 5 rings (SSSR count). The van der Waals surface area contributed by atoms with Crippen LogP contribution in [0.2, 0.25) is 0 Å². The monoisotopic (exact) mass is 460 g/mol. The summed E-state index contributed by atoms with van der Waals surface area (Å²) in [6, 6.07) is 14.9. The third-order valence-corrected chi connectivity index (χ3v) is 7.11. The molecule has 10 heteroatoms. The lowest BCUT2D eigenvalue weighted by Crippen LogP contribution is -2.19. The van der Waals surface area contributed by atoms with E-state index in [0.29, 0.717) is 5.69 Å². The summed E-state index contributed by atoms with van der Waals surface area (Å²) in [5, 5.41) is 4.26. The molecule has 3 aromatic heterocycles. The zero-order valence-electron chi connectivity index (χ0n) is 17.9. The topological polar surface area (TPSA) is 129 Å². The SMILES string of the molecule is Cc1ccc(S(=O)(=O)n2cccc2C(=O)c2cnn(-c3ccc4[nH]c(C)nc4c3)c2N)cc1. The summed E-state index contributed by atoms with van der Waals surface area (Å²) in [7, 11) is -3.96. The molecule has 9 nitrogen and oxygen atoms in total. The highest BCUT2D eigenvalue weighted by atomic mass is 32.2. The first-order valence-corrected chi connectivity index (χ1v) is 11.5. The normalized spacial score (nSPS) is 11.8. The molecule has 166 valence electrons. The van der Waals surface area contributed by atoms with Crippen LogP contribution >= 0.6 is 0 Å². The van der Waals surface area contributed by atoms with E-state index in [9.17, 15) is 13.2 Å². The van der Waals surface area contributed by atoms with Crippen LogP contribution in [0, 0.1) is 13.8 Å². The first-order valence-electron chi connectivity index (χ1n) is 10.1. The van der Waals surface area contributed by atoms with Crippen molar-refractivity contribution in [3.8, 4) is 5.69 Å². The van der Waals surface area contributed by atoms with Gasteiger partial charge in [-0.3, -0.25) is 4.79 Å². The van der Waals surface area contributed by atoms with Crippen LogP contribution in [-0.2, 0) is 10.0 Å². The molecule has 0 aliphatic heterocycles. The van der Waals surface area contributed by atoms with Crippen molar-refractivity contribution < 1.29 is 13.2 Å². The van der Waals surface area contributed by atoms with Crippen LogP contribution in [0.1, 0.15) is 27.4 Å². The van der Waals surface area contributed by atoms with Crippen LogP contribution in [0.15, 0.2) is 71.9 Å². The van der Waals surface area contributed by atoms with E-state index in [1.165, 1.54) is 41.3 Å². The number of aromatic nitrogens is 5. The van der Waals surface area contributed by atoms with Gasteiger partial charge in [-0.15, -0.1) is 0 Å². The van der Waals surface area contributed by atoms with E-state index >= 15 is 0 Å². The first kappa shape index (κ1) is 20.7. The number of fused-ring (bicyclic) bond motifs is 1. The van der Waals surface area contributed by atoms with Crippen LogP contribution < -0.4 is 5.73 Å². The number of imidazole rings is 1. The Kier molecular flexibility index (Phi) is 4.68. The van der Waals surface area contributed by atoms with Gasteiger partial charge < -0.3 is 10.7 Å². The lowest BCUT2D eigenvalue weighted by atomic mass is 10.1. The Hall–Kier alpha value is -4.18. The average molecular weight is 461 g/mol. The maximum absolute atomic E-state index is 13.3. The largest absolute Gasteiger partial charge is 0.383 e. The molecule has 0 saturated carbocycles. The van der Waals surface area contributed by atoms with Crippen LogP contribution in [0.5, 0.6) is 0 Å². The molecule has 0 aliphatic carbocycles. The van der Waals surface area contributed by atoms with Gasteiger partial charge in [0.1, 0.15) is 17.3 Å². The van der Waals surface area contributed by atoms with Gasteiger partial charge in [0.2, 0.25) is 5.78 Å². The number of nitrogens with two attached hydrogens (primary N) is 1. The molecule has 3 N–H and O–H groups in total. The van der Waals surface area contributed by atoms with E-state index in [1.807, 2.05) is 26.0 Å². The Labute approximate surface area is 189 Å². The molecule has 0 radical (unpaired) electrons. The van der Waals surface area contributed by atoms with Crippen molar-refractivity contribution in [3.63, 3.8) is 0 Å². The first-order chi connectivity index (χ1) is 15.8. The zero-order chi connectivity index (χ0) is 23.3. The number of rotatable bonds is 5. The maximum atomic E-state index is 13.3. The van der Waals surface area contributed by atoms with Gasteiger partial charge in [-0.2, -0.15) is 5.10 Å². The number of ketones is 1. The fourth-order valence-corrected chi connectivity index (χ4v) is 5.05. The van der Waals surface area contributed by atoms with Crippen molar-refractivity contribution in [1.82, 2.24) is 23.7 Å². The highest BCUT2D eigenvalue weighted by Crippen LogP contribution is 2.25. The zero-order valence-corrected chi connectivity index (χ0v) is 18.7. The number of H-pyrrole nitrogens is 1. The van der Waals surface area contributed by atoms with Gasteiger partial charge in [0.15, 0.2) is 0 Å². The van der Waals surface area contributed by atoms with Crippen molar-refractivity contribution in [2.24, 2.45) is 0 Å². The Morgan fingerprint density at radius 3 is 2.58 bits per heavy atom. The molecule has 0 atom stereocenters. The standard InChI is InChI=1S/C23H20N6O3S/c1-14-5-8-17(9-6-14)33(31,32)28-11-3-4-21(28)22(30)18-13-25-29(23(18)24)16-7-10-19-20(12-16)27-15(2)26-19/h3-13H,24H2,1-2H3,(H,26,27). The van der Waals surface area contributed by atoms with Gasteiger partial charge in [0.05, 0.1) is 33.4 Å². The van der Waals surface area contributed by atoms with Crippen molar-refractivity contribution in [2.75, 3.05) is 5.73 Å². The van der Waals surface area contributed by atoms with Crippen molar-refractivity contribution in [2.45, 2.75) is 18.7 Å². The highest BCUT2D eigenvalue weighted by molar-refractivity contribution is 7.90. The summed E-state index contributed by atoms with van der Waals surface area (Å²) in [4.78, 5) is 20.9. The van der Waals surface area contributed by atoms with Gasteiger partial charge in [0.25, 0.3) is 10.0 Å². The molecular weight excluding hydrogens is 440 g/mol. The lowest BCUT2D eigenvalue weighted by Gasteiger charge is -2.10. The molecule has 3 heterocycles. The number of hydrogen-bond acceptors (Lipinski definition) is 6. The summed E-state index contributed by atoms with van der Waals surface area (Å²) in [5.74, 6) is 0.338. The van der Waals surface area contributed by atoms with Crippen LogP contribution in [0.25, 0.3) is 16.7 Å². The molecule has 0 spiro atoms. The van der Waals surface area contributed by atoms with Crippen molar-refractivity contribution in [3.05, 3.63) is 89.6 Å². The van der Waals surface area contributed by atoms with E-state index < -0.39 is 15.8 Å². The molecule has 0 aliphatic rings. The number of nitrogens with one attached hydrogen (secondary N) is 1. The van der Waals surface area contributed by atoms with Gasteiger partial charge in [-0.1, -0.05) is 17.7 Å². The van der Waals surface area contributed by atoms with Gasteiger partial charge in [0, 0.05) is 6.20 Å². The third kappa shape index (κ3) is 3.40. The minimum absolute atomic E-state index is 0.0276. The number of benzene rings is 2. The number of nitrogen functional groups attached to an aromatic ring is 1. The molecule has 0 amide bonds. The minimum atomic E-state index is -3.96. The minimum Gasteiger partial charge on any atom is -0.383 e. The second kappa shape index (κ2) is 7.45. The van der Waals surface area contributed by atoms with Crippen LogP contribution in [0.4, 0.5) is 5.82 Å². The fraction of sp³-hybridized carbons (Fsp3) is 0.0870. The number of aromatic amines is 1. The molecule has 0 bridgehead atoms. The summed E-state index contributed by atoms with van der Waals surface area (Å²) in [6.07, 6.45) is 2.68. The molecular formula is C23H20N6O3S. The molecule has 5 aromatic rings. The molecule has 0 fully saturated rings. The lowest BCUT2D eigenvalue weighted by molar-refractivity contribution is 0.103. The van der Waals surface area contributed by atoms with E-state index in [4.69, 9.17) is 5.73 Å². The van der Waals surface area contributed by atoms with Crippen LogP contribution in [0.3, 0.4) is 0 Å².